The third kappa shape index (κ3) is 4.11. The molecule has 0 spiro atoms. The van der Waals surface area contributed by atoms with E-state index in [0.717, 1.165) is 24.2 Å². The Bertz CT molecular complexity index is 743. The fourth-order valence-electron chi connectivity index (χ4n) is 2.94. The first-order valence-electron chi connectivity index (χ1n) is 8.29. The van der Waals surface area contributed by atoms with Gasteiger partial charge in [0.05, 0.1) is 23.5 Å². The predicted octanol–water partition coefficient (Wildman–Crippen LogP) is 3.76. The number of pyridine rings is 1. The van der Waals surface area contributed by atoms with Gasteiger partial charge in [0.25, 0.3) is 5.91 Å². The van der Waals surface area contributed by atoms with Crippen LogP contribution in [0.4, 0.5) is 11.4 Å². The van der Waals surface area contributed by atoms with E-state index in [9.17, 15) is 4.79 Å². The van der Waals surface area contributed by atoms with Crippen molar-refractivity contribution in [2.75, 3.05) is 5.32 Å². The first kappa shape index (κ1) is 16.0. The number of amides is 1. The van der Waals surface area contributed by atoms with Gasteiger partial charge in [0, 0.05) is 11.7 Å². The summed E-state index contributed by atoms with van der Waals surface area (Å²) in [4.78, 5) is 16.5. The lowest BCUT2D eigenvalue weighted by molar-refractivity contribution is 0.0922. The van der Waals surface area contributed by atoms with Crippen LogP contribution in [0.2, 0.25) is 0 Å². The van der Waals surface area contributed by atoms with Crippen molar-refractivity contribution in [2.24, 2.45) is 0 Å². The molecule has 0 bridgehead atoms. The van der Waals surface area contributed by atoms with Crippen LogP contribution in [-0.2, 0) is 0 Å². The monoisotopic (exact) mass is 320 g/mol. The van der Waals surface area contributed by atoms with Gasteiger partial charge < -0.3 is 10.6 Å². The molecule has 122 valence electrons. The van der Waals surface area contributed by atoms with Crippen molar-refractivity contribution >= 4 is 17.3 Å². The third-order valence-electron chi connectivity index (χ3n) is 4.22. The molecule has 0 unspecified atom stereocenters. The maximum atomic E-state index is 12.2. The number of benzene rings is 1. The van der Waals surface area contributed by atoms with Crippen molar-refractivity contribution in [2.45, 2.75) is 38.1 Å². The summed E-state index contributed by atoms with van der Waals surface area (Å²) in [7, 11) is 0. The van der Waals surface area contributed by atoms with Crippen molar-refractivity contribution in [3.63, 3.8) is 0 Å². The molecule has 2 aromatic rings. The number of hydrogen-bond donors (Lipinski definition) is 2. The minimum Gasteiger partial charge on any atom is -0.354 e. The van der Waals surface area contributed by atoms with E-state index in [-0.39, 0.29) is 11.9 Å². The standard InChI is InChI=1S/C19H20N4O/c20-12-14-5-4-8-16(11-14)22-17-9-10-18(21-13-17)19(24)23-15-6-2-1-3-7-15/h4-5,8-11,13,15,22H,1-3,6-7H2,(H,23,24). The highest BCUT2D eigenvalue weighted by atomic mass is 16.1. The highest BCUT2D eigenvalue weighted by molar-refractivity contribution is 5.92. The van der Waals surface area contributed by atoms with Crippen LogP contribution in [0.5, 0.6) is 0 Å². The molecule has 1 saturated carbocycles. The van der Waals surface area contributed by atoms with Gasteiger partial charge >= 0.3 is 0 Å². The van der Waals surface area contributed by atoms with E-state index in [4.69, 9.17) is 5.26 Å². The summed E-state index contributed by atoms with van der Waals surface area (Å²) >= 11 is 0. The third-order valence-corrected chi connectivity index (χ3v) is 4.22. The number of nitrogens with zero attached hydrogens (tertiary/aromatic N) is 2. The number of carbonyl (C=O) groups is 1. The van der Waals surface area contributed by atoms with Gasteiger partial charge in [-0.3, -0.25) is 4.79 Å². The maximum Gasteiger partial charge on any atom is 0.270 e. The maximum absolute atomic E-state index is 12.2. The molecule has 2 N–H and O–H groups in total. The van der Waals surface area contributed by atoms with Crippen molar-refractivity contribution in [1.82, 2.24) is 10.3 Å². The van der Waals surface area contributed by atoms with E-state index in [2.05, 4.69) is 21.7 Å². The second kappa shape index (κ2) is 7.60. The van der Waals surface area contributed by atoms with Crippen LogP contribution in [-0.4, -0.2) is 16.9 Å². The van der Waals surface area contributed by atoms with Crippen LogP contribution >= 0.6 is 0 Å². The Morgan fingerprint density at radius 2 is 1.96 bits per heavy atom. The quantitative estimate of drug-likeness (QED) is 0.899. The summed E-state index contributed by atoms with van der Waals surface area (Å²) < 4.78 is 0. The first-order chi connectivity index (χ1) is 11.7. The number of hydrogen-bond acceptors (Lipinski definition) is 4. The van der Waals surface area contributed by atoms with Gasteiger partial charge in [0.15, 0.2) is 0 Å². The first-order valence-corrected chi connectivity index (χ1v) is 8.29. The molecular weight excluding hydrogens is 300 g/mol. The van der Waals surface area contributed by atoms with Crippen molar-refractivity contribution < 1.29 is 4.79 Å². The molecule has 5 heteroatoms. The average Bonchev–Trinajstić information content (AvgIpc) is 2.63. The number of nitrogens with one attached hydrogen (secondary N) is 2. The molecule has 0 radical (unpaired) electrons. The van der Waals surface area contributed by atoms with Gasteiger partial charge in [-0.25, -0.2) is 4.98 Å². The Balaban J connectivity index is 1.62. The van der Waals surface area contributed by atoms with Gasteiger partial charge in [0.1, 0.15) is 5.69 Å². The van der Waals surface area contributed by atoms with Crippen LogP contribution in [0, 0.1) is 11.3 Å². The molecule has 1 amide bonds. The highest BCUT2D eigenvalue weighted by Gasteiger charge is 2.17. The Morgan fingerprint density at radius 3 is 2.67 bits per heavy atom. The summed E-state index contributed by atoms with van der Waals surface area (Å²) in [6.07, 6.45) is 7.38. The largest absolute Gasteiger partial charge is 0.354 e. The SMILES string of the molecule is N#Cc1cccc(Nc2ccc(C(=O)NC3CCCCC3)nc2)c1. The van der Waals surface area contributed by atoms with E-state index in [1.54, 1.807) is 24.4 Å². The van der Waals surface area contributed by atoms with Crippen LogP contribution in [0.3, 0.4) is 0 Å². The zero-order chi connectivity index (χ0) is 16.8. The van der Waals surface area contributed by atoms with E-state index in [1.807, 2.05) is 18.2 Å². The van der Waals surface area contributed by atoms with E-state index in [0.29, 0.717) is 11.3 Å². The molecule has 1 aromatic carbocycles. The summed E-state index contributed by atoms with van der Waals surface area (Å²) in [5.41, 5.74) is 2.61. The average molecular weight is 320 g/mol. The van der Waals surface area contributed by atoms with E-state index in [1.165, 1.54) is 19.3 Å². The summed E-state index contributed by atoms with van der Waals surface area (Å²) in [5.74, 6) is -0.111. The second-order valence-corrected chi connectivity index (χ2v) is 6.06. The van der Waals surface area contributed by atoms with Gasteiger partial charge in [-0.05, 0) is 43.2 Å². The number of carbonyl (C=O) groups excluding carboxylic acids is 1. The topological polar surface area (TPSA) is 77.8 Å². The Morgan fingerprint density at radius 1 is 1.12 bits per heavy atom. The molecule has 1 aliphatic rings. The molecule has 24 heavy (non-hydrogen) atoms. The van der Waals surface area contributed by atoms with E-state index < -0.39 is 0 Å². The van der Waals surface area contributed by atoms with Crippen molar-refractivity contribution in [3.05, 3.63) is 53.9 Å². The van der Waals surface area contributed by atoms with Crippen molar-refractivity contribution in [3.8, 4) is 6.07 Å². The number of rotatable bonds is 4. The molecule has 1 aromatic heterocycles. The van der Waals surface area contributed by atoms with Crippen LogP contribution in [0.15, 0.2) is 42.6 Å². The Hall–Kier alpha value is -2.87. The molecule has 5 nitrogen and oxygen atoms in total. The fraction of sp³-hybridized carbons (Fsp3) is 0.316. The van der Waals surface area contributed by atoms with Crippen LogP contribution in [0.1, 0.15) is 48.2 Å². The number of anilines is 2. The molecule has 1 aliphatic carbocycles. The molecule has 0 saturated heterocycles. The van der Waals surface area contributed by atoms with Gasteiger partial charge in [-0.1, -0.05) is 25.3 Å². The molecule has 0 atom stereocenters. The lowest BCUT2D eigenvalue weighted by Crippen LogP contribution is -2.36. The molecular formula is C19H20N4O. The zero-order valence-corrected chi connectivity index (χ0v) is 13.5. The normalized spacial score (nSPS) is 14.6. The lowest BCUT2D eigenvalue weighted by Gasteiger charge is -2.22. The number of nitriles is 1. The summed E-state index contributed by atoms with van der Waals surface area (Å²) in [6, 6.07) is 13.1. The zero-order valence-electron chi connectivity index (χ0n) is 13.5. The number of aromatic nitrogens is 1. The second-order valence-electron chi connectivity index (χ2n) is 6.06. The Kier molecular flexibility index (Phi) is 5.07. The van der Waals surface area contributed by atoms with Crippen molar-refractivity contribution in [1.29, 1.82) is 5.26 Å². The minimum atomic E-state index is -0.111. The lowest BCUT2D eigenvalue weighted by atomic mass is 9.95. The predicted molar refractivity (Wildman–Crippen MR) is 93.0 cm³/mol. The Labute approximate surface area is 141 Å². The molecule has 0 aliphatic heterocycles. The van der Waals surface area contributed by atoms with Gasteiger partial charge in [-0.2, -0.15) is 5.26 Å². The molecule has 1 fully saturated rings. The highest BCUT2D eigenvalue weighted by Crippen LogP contribution is 2.19. The van der Waals surface area contributed by atoms with Crippen LogP contribution < -0.4 is 10.6 Å². The van der Waals surface area contributed by atoms with E-state index >= 15 is 0 Å². The van der Waals surface area contributed by atoms with Crippen LogP contribution in [0.25, 0.3) is 0 Å². The summed E-state index contributed by atoms with van der Waals surface area (Å²) in [5, 5.41) is 15.2. The van der Waals surface area contributed by atoms with Gasteiger partial charge in [0.2, 0.25) is 0 Å². The minimum absolute atomic E-state index is 0.111. The molecule has 1 heterocycles. The molecule has 3 rings (SSSR count). The fourth-order valence-corrected chi connectivity index (χ4v) is 2.94. The smallest absolute Gasteiger partial charge is 0.270 e. The summed E-state index contributed by atoms with van der Waals surface area (Å²) in [6.45, 7) is 0. The van der Waals surface area contributed by atoms with Gasteiger partial charge in [-0.15, -0.1) is 0 Å².